The maximum atomic E-state index is 3.00. The Hall–Kier alpha value is -0.0969. The molecule has 0 aliphatic rings. The summed E-state index contributed by atoms with van der Waals surface area (Å²) in [5, 5.41) is 0. The van der Waals surface area contributed by atoms with Crippen LogP contribution in [-0.2, 0) is 26.2 Å². The van der Waals surface area contributed by atoms with Crippen LogP contribution in [0.25, 0.3) is 0 Å². The van der Waals surface area contributed by atoms with Gasteiger partial charge in [0.2, 0.25) is 0 Å². The average Bonchev–Trinajstić information content (AvgIpc) is 2.92. The van der Waals surface area contributed by atoms with Crippen LogP contribution in [0, 0.1) is 20.8 Å². The van der Waals surface area contributed by atoms with Crippen LogP contribution in [0.3, 0.4) is 0 Å². The molecule has 2 aromatic carbocycles. The standard InChI is InChI=1S/C8H11.C5H5.C2H4.2ClH.Zr/c1-6-4-5-7(2)8(6)3;1-2-4-5-3-1;1-2;;;/h4-5H,1-3H3;1-5H;1-2H2;2*1H;/q2*-1;;;;+4/p-2. The van der Waals surface area contributed by atoms with Crippen molar-refractivity contribution >= 4 is 0 Å². The van der Waals surface area contributed by atoms with Crippen molar-refractivity contribution in [1.29, 1.82) is 0 Å². The summed E-state index contributed by atoms with van der Waals surface area (Å²) in [5.74, 6) is 0. The van der Waals surface area contributed by atoms with E-state index in [1.807, 2.05) is 30.3 Å². The minimum absolute atomic E-state index is 0. The van der Waals surface area contributed by atoms with Crippen molar-refractivity contribution in [2.45, 2.75) is 20.8 Å². The molecule has 0 heterocycles. The minimum atomic E-state index is 0. The van der Waals surface area contributed by atoms with E-state index in [1.165, 1.54) is 16.7 Å². The van der Waals surface area contributed by atoms with Crippen molar-refractivity contribution in [1.82, 2.24) is 0 Å². The Kier molecular flexibility index (Phi) is 24.9. The molecular formula is C15H20Cl2Zr. The number of rotatable bonds is 0. The Bertz CT molecular complexity index is 314. The molecule has 0 fully saturated rings. The van der Waals surface area contributed by atoms with Gasteiger partial charge < -0.3 is 24.8 Å². The first-order chi connectivity index (χ1) is 7.22. The summed E-state index contributed by atoms with van der Waals surface area (Å²) in [6.45, 7) is 12.4. The van der Waals surface area contributed by atoms with Crippen LogP contribution in [0.4, 0.5) is 0 Å². The molecule has 0 spiro atoms. The topological polar surface area (TPSA) is 0 Å². The first-order valence-electron chi connectivity index (χ1n) is 5.08. The van der Waals surface area contributed by atoms with Gasteiger partial charge >= 0.3 is 26.2 Å². The third-order valence-corrected chi connectivity index (χ3v) is 2.32. The van der Waals surface area contributed by atoms with Crippen molar-refractivity contribution in [3.63, 3.8) is 0 Å². The Labute approximate surface area is 143 Å². The molecule has 0 aliphatic heterocycles. The molecular weight excluding hydrogens is 342 g/mol. The molecule has 0 aromatic heterocycles. The average molecular weight is 362 g/mol. The smallest absolute Gasteiger partial charge is 1.00 e. The zero-order valence-corrected chi connectivity index (χ0v) is 15.2. The molecule has 0 bridgehead atoms. The zero-order chi connectivity index (χ0) is 11.7. The number of halogens is 2. The third kappa shape index (κ3) is 11.0. The summed E-state index contributed by atoms with van der Waals surface area (Å²) in [7, 11) is 0. The molecule has 0 amide bonds. The van der Waals surface area contributed by atoms with E-state index in [1.54, 1.807) is 0 Å². The Morgan fingerprint density at radius 2 is 1.50 bits per heavy atom. The molecule has 0 atom stereocenters. The van der Waals surface area contributed by atoms with Crippen molar-refractivity contribution in [3.05, 3.63) is 72.3 Å². The first-order valence-corrected chi connectivity index (χ1v) is 5.08. The Morgan fingerprint density at radius 3 is 1.61 bits per heavy atom. The minimum Gasteiger partial charge on any atom is -1.00 e. The van der Waals surface area contributed by atoms with Crippen LogP contribution < -0.4 is 24.8 Å². The SMILES string of the molecule is C=C.Cc1cc[c-](C)c1C.[Cl-].[Cl-].[Zr+4].c1cc[cH-]c1. The monoisotopic (exact) mass is 360 g/mol. The summed E-state index contributed by atoms with van der Waals surface area (Å²) in [5.41, 5.74) is 4.25. The van der Waals surface area contributed by atoms with Crippen LogP contribution in [0.1, 0.15) is 16.7 Å². The molecule has 2 aromatic rings. The molecule has 0 nitrogen and oxygen atoms in total. The Balaban J connectivity index is -0.0000000873. The summed E-state index contributed by atoms with van der Waals surface area (Å²) < 4.78 is 0. The molecule has 3 heteroatoms. The maximum absolute atomic E-state index is 3.00. The van der Waals surface area contributed by atoms with Gasteiger partial charge in [-0.05, 0) is 0 Å². The Morgan fingerprint density at radius 1 is 1.06 bits per heavy atom. The van der Waals surface area contributed by atoms with Crippen LogP contribution in [0.5, 0.6) is 0 Å². The summed E-state index contributed by atoms with van der Waals surface area (Å²) in [6.07, 6.45) is 0. The quantitative estimate of drug-likeness (QED) is 0.397. The van der Waals surface area contributed by atoms with Crippen molar-refractivity contribution in [2.75, 3.05) is 0 Å². The van der Waals surface area contributed by atoms with Gasteiger partial charge in [0.15, 0.2) is 0 Å². The van der Waals surface area contributed by atoms with E-state index in [9.17, 15) is 0 Å². The zero-order valence-electron chi connectivity index (χ0n) is 11.2. The van der Waals surface area contributed by atoms with Crippen LogP contribution in [-0.4, -0.2) is 0 Å². The van der Waals surface area contributed by atoms with Crippen LogP contribution in [0.2, 0.25) is 0 Å². The molecule has 0 unspecified atom stereocenters. The molecule has 0 saturated heterocycles. The largest absolute Gasteiger partial charge is 4.00 e. The summed E-state index contributed by atoms with van der Waals surface area (Å²) in [4.78, 5) is 0. The second-order valence-electron chi connectivity index (χ2n) is 3.29. The van der Waals surface area contributed by atoms with Crippen molar-refractivity contribution in [2.24, 2.45) is 0 Å². The molecule has 98 valence electrons. The van der Waals surface area contributed by atoms with E-state index < -0.39 is 0 Å². The molecule has 0 N–H and O–H groups in total. The predicted molar refractivity (Wildman–Crippen MR) is 69.5 cm³/mol. The number of hydrogen-bond donors (Lipinski definition) is 0. The molecule has 0 aliphatic carbocycles. The van der Waals surface area contributed by atoms with Gasteiger partial charge in [-0.3, -0.25) is 0 Å². The molecule has 18 heavy (non-hydrogen) atoms. The van der Waals surface area contributed by atoms with Gasteiger partial charge in [-0.1, -0.05) is 20.8 Å². The van der Waals surface area contributed by atoms with E-state index in [0.29, 0.717) is 0 Å². The molecule has 0 saturated carbocycles. The van der Waals surface area contributed by atoms with E-state index >= 15 is 0 Å². The first kappa shape index (κ1) is 26.5. The normalized spacial score (nSPS) is 6.83. The summed E-state index contributed by atoms with van der Waals surface area (Å²) in [6, 6.07) is 14.3. The van der Waals surface area contributed by atoms with Gasteiger partial charge in [-0.25, -0.2) is 18.2 Å². The maximum Gasteiger partial charge on any atom is 4.00 e. The van der Waals surface area contributed by atoms with Crippen LogP contribution in [0.15, 0.2) is 55.6 Å². The van der Waals surface area contributed by atoms with E-state index in [2.05, 4.69) is 46.1 Å². The second-order valence-corrected chi connectivity index (χ2v) is 3.29. The summed E-state index contributed by atoms with van der Waals surface area (Å²) >= 11 is 0. The predicted octanol–water partition coefficient (Wildman–Crippen LogP) is -1.46. The molecule has 2 rings (SSSR count). The third-order valence-electron chi connectivity index (χ3n) is 2.32. The fourth-order valence-corrected chi connectivity index (χ4v) is 1.13. The van der Waals surface area contributed by atoms with Gasteiger partial charge in [-0.2, -0.15) is 41.0 Å². The number of hydrogen-bond acceptors (Lipinski definition) is 0. The van der Waals surface area contributed by atoms with Crippen molar-refractivity contribution < 1.29 is 51.0 Å². The van der Waals surface area contributed by atoms with Gasteiger partial charge in [0.05, 0.1) is 0 Å². The van der Waals surface area contributed by atoms with Crippen molar-refractivity contribution in [3.8, 4) is 0 Å². The van der Waals surface area contributed by atoms with Gasteiger partial charge in [0.1, 0.15) is 0 Å². The van der Waals surface area contributed by atoms with Gasteiger partial charge in [0, 0.05) is 0 Å². The fourth-order valence-electron chi connectivity index (χ4n) is 1.13. The number of aryl methyl sites for hydroxylation is 2. The van der Waals surface area contributed by atoms with E-state index in [0.717, 1.165) is 0 Å². The van der Waals surface area contributed by atoms with Gasteiger partial charge in [0.25, 0.3) is 0 Å². The van der Waals surface area contributed by atoms with Crippen LogP contribution >= 0.6 is 0 Å². The van der Waals surface area contributed by atoms with E-state index in [-0.39, 0.29) is 51.0 Å². The fraction of sp³-hybridized carbons (Fsp3) is 0.200. The second kappa shape index (κ2) is 16.9. The van der Waals surface area contributed by atoms with E-state index in [4.69, 9.17) is 0 Å². The molecule has 0 radical (unpaired) electrons. The van der Waals surface area contributed by atoms with Gasteiger partial charge in [-0.15, -0.1) is 13.2 Å².